The lowest BCUT2D eigenvalue weighted by atomic mass is 9.86. The SMILES string of the molecule is NSOOCC1CCC(Nc2c([N+](=O)[O-])cnc3c2ccn3P)CC1. The monoisotopic (exact) mass is 385 g/mol. The Morgan fingerprint density at radius 3 is 2.92 bits per heavy atom. The molecule has 1 unspecified atom stereocenters. The van der Waals surface area contributed by atoms with E-state index in [2.05, 4.69) is 24.0 Å². The molecule has 25 heavy (non-hydrogen) atoms. The zero-order chi connectivity index (χ0) is 17.8. The molecule has 3 N–H and O–H groups in total. The number of nitrogens with two attached hydrogens (primary N) is 1. The zero-order valence-electron chi connectivity index (χ0n) is 13.5. The lowest BCUT2D eigenvalue weighted by Gasteiger charge is -2.29. The molecule has 136 valence electrons. The summed E-state index contributed by atoms with van der Waals surface area (Å²) in [6, 6.07) is 2.02. The number of hydrogen-bond acceptors (Lipinski definition) is 8. The van der Waals surface area contributed by atoms with Gasteiger partial charge in [0.05, 0.1) is 11.5 Å². The van der Waals surface area contributed by atoms with E-state index >= 15 is 0 Å². The van der Waals surface area contributed by atoms with Crippen LogP contribution in [0.2, 0.25) is 0 Å². The summed E-state index contributed by atoms with van der Waals surface area (Å²) in [4.78, 5) is 20.2. The number of pyridine rings is 1. The Hall–Kier alpha value is -1.45. The average molecular weight is 385 g/mol. The number of hydrogen-bond donors (Lipinski definition) is 2. The molecule has 1 aliphatic rings. The molecule has 1 saturated carbocycles. The van der Waals surface area contributed by atoms with E-state index < -0.39 is 4.92 Å². The van der Waals surface area contributed by atoms with E-state index in [0.717, 1.165) is 31.1 Å². The fraction of sp³-hybridized carbons (Fsp3) is 0.500. The van der Waals surface area contributed by atoms with E-state index in [1.807, 2.05) is 12.3 Å². The maximum atomic E-state index is 11.4. The lowest BCUT2D eigenvalue weighted by Crippen LogP contribution is -2.28. The van der Waals surface area contributed by atoms with Crippen LogP contribution < -0.4 is 10.5 Å². The zero-order valence-corrected chi connectivity index (χ0v) is 15.4. The molecule has 11 heteroatoms. The largest absolute Gasteiger partial charge is 0.376 e. The molecule has 1 aliphatic carbocycles. The van der Waals surface area contributed by atoms with Gasteiger partial charge in [-0.05, 0) is 47.1 Å². The van der Waals surface area contributed by atoms with Gasteiger partial charge in [0.2, 0.25) is 0 Å². The quantitative estimate of drug-likeness (QED) is 0.142. The highest BCUT2D eigenvalue weighted by Crippen LogP contribution is 2.35. The van der Waals surface area contributed by atoms with Crippen molar-refractivity contribution >= 4 is 44.0 Å². The van der Waals surface area contributed by atoms with Crippen molar-refractivity contribution in [3.8, 4) is 0 Å². The van der Waals surface area contributed by atoms with Crippen molar-refractivity contribution in [2.24, 2.45) is 11.1 Å². The fourth-order valence-electron chi connectivity index (χ4n) is 3.21. The minimum Gasteiger partial charge on any atom is -0.376 e. The van der Waals surface area contributed by atoms with Gasteiger partial charge in [0.1, 0.15) is 29.8 Å². The van der Waals surface area contributed by atoms with E-state index in [9.17, 15) is 10.1 Å². The second kappa shape index (κ2) is 8.29. The third-order valence-corrected chi connectivity index (χ3v) is 5.10. The summed E-state index contributed by atoms with van der Waals surface area (Å²) in [6.45, 7) is 0.506. The van der Waals surface area contributed by atoms with Crippen molar-refractivity contribution in [3.05, 3.63) is 28.6 Å². The molecule has 2 aromatic heterocycles. The number of nitro groups is 1. The van der Waals surface area contributed by atoms with E-state index in [1.54, 1.807) is 4.34 Å². The molecule has 2 heterocycles. The van der Waals surface area contributed by atoms with Gasteiger partial charge in [-0.1, -0.05) is 0 Å². The van der Waals surface area contributed by atoms with Crippen LogP contribution in [0, 0.1) is 16.0 Å². The van der Waals surface area contributed by atoms with Crippen LogP contribution in [0.25, 0.3) is 11.0 Å². The third-order valence-electron chi connectivity index (χ3n) is 4.50. The molecule has 0 spiro atoms. The fourth-order valence-corrected chi connectivity index (χ4v) is 3.62. The molecular formula is C14H20N5O4PS. The molecule has 0 bridgehead atoms. The van der Waals surface area contributed by atoms with Crippen molar-refractivity contribution < 1.29 is 14.1 Å². The second-order valence-electron chi connectivity index (χ2n) is 6.05. The number of aromatic nitrogens is 2. The number of anilines is 1. The van der Waals surface area contributed by atoms with Crippen molar-refractivity contribution in [1.82, 2.24) is 9.32 Å². The average Bonchev–Trinajstić information content (AvgIpc) is 2.98. The van der Waals surface area contributed by atoms with E-state index in [0.29, 0.717) is 36.1 Å². The Morgan fingerprint density at radius 2 is 2.24 bits per heavy atom. The Balaban J connectivity index is 1.71. The minimum absolute atomic E-state index is 0.00234. The van der Waals surface area contributed by atoms with Crippen LogP contribution in [0.3, 0.4) is 0 Å². The van der Waals surface area contributed by atoms with Gasteiger partial charge in [-0.25, -0.2) is 9.87 Å². The van der Waals surface area contributed by atoms with E-state index in [4.69, 9.17) is 10.0 Å². The van der Waals surface area contributed by atoms with Gasteiger partial charge >= 0.3 is 5.69 Å². The van der Waals surface area contributed by atoms with Crippen LogP contribution in [-0.2, 0) is 9.22 Å². The highest BCUT2D eigenvalue weighted by atomic mass is 32.2. The summed E-state index contributed by atoms with van der Waals surface area (Å²) in [5.74, 6) is 0.408. The molecule has 1 fully saturated rings. The number of fused-ring (bicyclic) bond motifs is 1. The lowest BCUT2D eigenvalue weighted by molar-refractivity contribution is -0.384. The standard InChI is InChI=1S/C14H20N5O4PS/c15-25-23-22-8-9-1-3-10(4-2-9)17-13-11-5-6-18(24)14(11)16-7-12(13)19(20)21/h5-7,9-10H,1-4,8,15,24H2,(H,16,17). The summed E-state index contributed by atoms with van der Waals surface area (Å²) >= 11 is 0.692. The van der Waals surface area contributed by atoms with E-state index in [-0.39, 0.29) is 11.7 Å². The first-order valence-corrected chi connectivity index (χ1v) is 9.23. The van der Waals surface area contributed by atoms with Crippen LogP contribution in [0.5, 0.6) is 0 Å². The predicted octanol–water partition coefficient (Wildman–Crippen LogP) is 3.02. The van der Waals surface area contributed by atoms with Gasteiger partial charge in [0.15, 0.2) is 0 Å². The maximum Gasteiger partial charge on any atom is 0.311 e. The first-order valence-electron chi connectivity index (χ1n) is 7.91. The van der Waals surface area contributed by atoms with Crippen molar-refractivity contribution in [2.75, 3.05) is 11.9 Å². The highest BCUT2D eigenvalue weighted by Gasteiger charge is 2.26. The summed E-state index contributed by atoms with van der Waals surface area (Å²) in [5.41, 5.74) is 1.23. The Kier molecular flexibility index (Phi) is 6.08. The summed E-state index contributed by atoms with van der Waals surface area (Å²) < 4.78 is 6.42. The van der Waals surface area contributed by atoms with Gasteiger partial charge in [-0.3, -0.25) is 15.3 Å². The summed E-state index contributed by atoms with van der Waals surface area (Å²) in [6.07, 6.45) is 6.87. The third kappa shape index (κ3) is 4.21. The molecule has 1 atom stereocenters. The molecule has 0 saturated heterocycles. The molecule has 2 aromatic rings. The normalized spacial score (nSPS) is 20.7. The topological polar surface area (TPSA) is 117 Å². The minimum atomic E-state index is -0.393. The number of nitrogens with one attached hydrogen (secondary N) is 1. The Labute approximate surface area is 151 Å². The maximum absolute atomic E-state index is 11.4. The second-order valence-corrected chi connectivity index (χ2v) is 6.93. The molecular weight excluding hydrogens is 365 g/mol. The number of rotatable bonds is 7. The van der Waals surface area contributed by atoms with Crippen LogP contribution in [-0.4, -0.2) is 26.9 Å². The molecule has 3 rings (SSSR count). The summed E-state index contributed by atoms with van der Waals surface area (Å²) in [7, 11) is 2.53. The van der Waals surface area contributed by atoms with Gasteiger partial charge in [-0.2, -0.15) is 0 Å². The van der Waals surface area contributed by atoms with Crippen LogP contribution in [0.1, 0.15) is 25.7 Å². The van der Waals surface area contributed by atoms with Crippen LogP contribution in [0.15, 0.2) is 18.5 Å². The Bertz CT molecular complexity index is 750. The van der Waals surface area contributed by atoms with Crippen LogP contribution in [0.4, 0.5) is 11.4 Å². The first-order chi connectivity index (χ1) is 12.1. The number of nitrogens with zero attached hydrogens (tertiary/aromatic N) is 3. The molecule has 0 radical (unpaired) electrons. The van der Waals surface area contributed by atoms with Gasteiger partial charge in [0.25, 0.3) is 0 Å². The summed E-state index contributed by atoms with van der Waals surface area (Å²) in [5, 5.41) is 20.6. The Morgan fingerprint density at radius 1 is 1.48 bits per heavy atom. The molecule has 0 aromatic carbocycles. The first kappa shape index (κ1) is 18.3. The molecule has 0 aliphatic heterocycles. The van der Waals surface area contributed by atoms with Gasteiger partial charge < -0.3 is 9.65 Å². The van der Waals surface area contributed by atoms with Gasteiger partial charge in [0, 0.05) is 17.6 Å². The highest BCUT2D eigenvalue weighted by molar-refractivity contribution is 7.92. The smallest absolute Gasteiger partial charge is 0.311 e. The van der Waals surface area contributed by atoms with E-state index in [1.165, 1.54) is 6.20 Å². The van der Waals surface area contributed by atoms with Crippen molar-refractivity contribution in [2.45, 2.75) is 31.7 Å². The van der Waals surface area contributed by atoms with Crippen LogP contribution >= 0.6 is 21.6 Å². The van der Waals surface area contributed by atoms with Crippen molar-refractivity contribution in [1.29, 1.82) is 0 Å². The molecule has 0 amide bonds. The van der Waals surface area contributed by atoms with Gasteiger partial charge in [-0.15, -0.1) is 4.33 Å². The van der Waals surface area contributed by atoms with Crippen molar-refractivity contribution in [3.63, 3.8) is 0 Å². The predicted molar refractivity (Wildman–Crippen MR) is 99.7 cm³/mol. The molecule has 9 nitrogen and oxygen atoms in total.